The molecule has 0 radical (unpaired) electrons. The summed E-state index contributed by atoms with van der Waals surface area (Å²) >= 11 is 5.92. The molecule has 1 amide bonds. The molecule has 1 N–H and O–H groups in total. The van der Waals surface area contributed by atoms with Gasteiger partial charge >= 0.3 is 0 Å². The lowest BCUT2D eigenvalue weighted by Gasteiger charge is -2.10. The fraction of sp³-hybridized carbons (Fsp3) is 0.273. The minimum atomic E-state index is -0.145. The van der Waals surface area contributed by atoms with E-state index in [0.717, 1.165) is 34.6 Å². The molecule has 0 saturated heterocycles. The summed E-state index contributed by atoms with van der Waals surface area (Å²) in [7, 11) is 0. The van der Waals surface area contributed by atoms with Gasteiger partial charge in [-0.1, -0.05) is 23.7 Å². The van der Waals surface area contributed by atoms with Crippen LogP contribution in [-0.2, 0) is 11.2 Å². The Morgan fingerprint density at radius 2 is 1.86 bits per heavy atom. The fourth-order valence-corrected chi connectivity index (χ4v) is 3.24. The molecule has 0 spiro atoms. The molecule has 1 heterocycles. The Hall–Kier alpha value is -2.79. The second-order valence-electron chi connectivity index (χ2n) is 6.80. The topological polar surface area (TPSA) is 56.2 Å². The second kappa shape index (κ2) is 8.93. The molecule has 0 saturated carbocycles. The van der Waals surface area contributed by atoms with Gasteiger partial charge < -0.3 is 10.1 Å². The number of hydrogen-bond acceptors (Lipinski definition) is 3. The van der Waals surface area contributed by atoms with E-state index in [-0.39, 0.29) is 12.5 Å². The summed E-state index contributed by atoms with van der Waals surface area (Å²) in [6, 6.07) is 15.6. The molecule has 0 unspecified atom stereocenters. The lowest BCUT2D eigenvalue weighted by atomic mass is 10.1. The zero-order valence-corrected chi connectivity index (χ0v) is 17.1. The number of amides is 1. The van der Waals surface area contributed by atoms with Crippen LogP contribution in [0, 0.1) is 20.8 Å². The number of rotatable bonds is 7. The third-order valence-corrected chi connectivity index (χ3v) is 4.66. The highest BCUT2D eigenvalue weighted by atomic mass is 35.5. The number of halogens is 1. The summed E-state index contributed by atoms with van der Waals surface area (Å²) < 4.78 is 7.48. The first-order valence-corrected chi connectivity index (χ1v) is 9.58. The molecule has 0 aliphatic heterocycles. The Labute approximate surface area is 170 Å². The van der Waals surface area contributed by atoms with E-state index in [1.54, 1.807) is 12.1 Å². The van der Waals surface area contributed by atoms with Crippen LogP contribution in [0.4, 0.5) is 0 Å². The molecule has 2 aromatic carbocycles. The lowest BCUT2D eigenvalue weighted by molar-refractivity contribution is -0.123. The van der Waals surface area contributed by atoms with Crippen molar-refractivity contribution >= 4 is 17.5 Å². The van der Waals surface area contributed by atoms with Crippen molar-refractivity contribution in [2.75, 3.05) is 13.2 Å². The van der Waals surface area contributed by atoms with Crippen molar-refractivity contribution in [2.24, 2.45) is 0 Å². The summed E-state index contributed by atoms with van der Waals surface area (Å²) in [5.74, 6) is 0.521. The minimum Gasteiger partial charge on any atom is -0.484 e. The summed E-state index contributed by atoms with van der Waals surface area (Å²) in [4.78, 5) is 12.0. The maximum absolute atomic E-state index is 12.0. The highest BCUT2D eigenvalue weighted by molar-refractivity contribution is 6.30. The smallest absolute Gasteiger partial charge is 0.257 e. The predicted molar refractivity (Wildman–Crippen MR) is 111 cm³/mol. The zero-order chi connectivity index (χ0) is 20.1. The molecular formula is C22H24ClN3O2. The number of nitrogens with one attached hydrogen (secondary N) is 1. The second-order valence-corrected chi connectivity index (χ2v) is 7.24. The van der Waals surface area contributed by atoms with Gasteiger partial charge in [0.25, 0.3) is 5.91 Å². The molecule has 0 fully saturated rings. The van der Waals surface area contributed by atoms with Gasteiger partial charge in [-0.05, 0) is 74.7 Å². The van der Waals surface area contributed by atoms with Gasteiger partial charge in [0.05, 0.1) is 11.4 Å². The Morgan fingerprint density at radius 3 is 2.50 bits per heavy atom. The number of carbonyl (C=O) groups excluding carboxylic acids is 1. The van der Waals surface area contributed by atoms with Gasteiger partial charge in [-0.15, -0.1) is 0 Å². The Bertz CT molecular complexity index is 964. The van der Waals surface area contributed by atoms with Crippen LogP contribution in [0.1, 0.15) is 22.5 Å². The van der Waals surface area contributed by atoms with Crippen LogP contribution in [0.5, 0.6) is 5.75 Å². The Balaban J connectivity index is 1.45. The quantitative estimate of drug-likeness (QED) is 0.650. The Morgan fingerprint density at radius 1 is 1.11 bits per heavy atom. The monoisotopic (exact) mass is 397 g/mol. The summed E-state index contributed by atoms with van der Waals surface area (Å²) in [5.41, 5.74) is 5.20. The van der Waals surface area contributed by atoms with Crippen molar-refractivity contribution in [1.29, 1.82) is 0 Å². The third kappa shape index (κ3) is 5.14. The standard InChI is InChI=1S/C22H24ClN3O2/c1-15-12-19(23)6-9-21(15)28-14-22(27)24-11-10-18-4-7-20(8-5-18)26-17(3)13-16(2)25-26/h4-9,12-13H,10-11,14H2,1-3H3,(H,24,27). The van der Waals surface area contributed by atoms with Gasteiger partial charge in [-0.3, -0.25) is 4.79 Å². The molecule has 6 heteroatoms. The average molecular weight is 398 g/mol. The molecule has 146 valence electrons. The van der Waals surface area contributed by atoms with Crippen molar-refractivity contribution < 1.29 is 9.53 Å². The van der Waals surface area contributed by atoms with Crippen molar-refractivity contribution in [3.8, 4) is 11.4 Å². The van der Waals surface area contributed by atoms with E-state index in [1.165, 1.54) is 0 Å². The van der Waals surface area contributed by atoms with Crippen molar-refractivity contribution in [2.45, 2.75) is 27.2 Å². The van der Waals surface area contributed by atoms with Crippen LogP contribution in [0.15, 0.2) is 48.5 Å². The lowest BCUT2D eigenvalue weighted by Crippen LogP contribution is -2.30. The fourth-order valence-electron chi connectivity index (χ4n) is 3.01. The molecule has 0 aliphatic rings. The highest BCUT2D eigenvalue weighted by Crippen LogP contribution is 2.21. The van der Waals surface area contributed by atoms with Gasteiger partial charge in [0.2, 0.25) is 0 Å². The van der Waals surface area contributed by atoms with Gasteiger partial charge in [0.15, 0.2) is 6.61 Å². The van der Waals surface area contributed by atoms with E-state index < -0.39 is 0 Å². The van der Waals surface area contributed by atoms with Gasteiger partial charge in [-0.2, -0.15) is 5.10 Å². The first-order valence-electron chi connectivity index (χ1n) is 9.20. The number of nitrogens with zero attached hydrogens (tertiary/aromatic N) is 2. The van der Waals surface area contributed by atoms with E-state index in [1.807, 2.05) is 43.7 Å². The maximum atomic E-state index is 12.0. The van der Waals surface area contributed by atoms with E-state index in [0.29, 0.717) is 17.3 Å². The Kier molecular flexibility index (Phi) is 6.37. The SMILES string of the molecule is Cc1cc(C)n(-c2ccc(CCNC(=O)COc3ccc(Cl)cc3C)cc2)n1. The van der Waals surface area contributed by atoms with Gasteiger partial charge in [-0.25, -0.2) is 4.68 Å². The van der Waals surface area contributed by atoms with Crippen LogP contribution in [0.2, 0.25) is 5.02 Å². The zero-order valence-electron chi connectivity index (χ0n) is 16.3. The molecule has 28 heavy (non-hydrogen) atoms. The first kappa shape index (κ1) is 20.0. The van der Waals surface area contributed by atoms with Crippen LogP contribution < -0.4 is 10.1 Å². The average Bonchev–Trinajstić information content (AvgIpc) is 3.00. The molecule has 3 rings (SSSR count). The summed E-state index contributed by atoms with van der Waals surface area (Å²) in [6.07, 6.45) is 0.753. The number of carbonyl (C=O) groups is 1. The number of ether oxygens (including phenoxy) is 1. The highest BCUT2D eigenvalue weighted by Gasteiger charge is 2.06. The van der Waals surface area contributed by atoms with E-state index in [9.17, 15) is 4.79 Å². The maximum Gasteiger partial charge on any atom is 0.257 e. The largest absolute Gasteiger partial charge is 0.484 e. The van der Waals surface area contributed by atoms with Crippen molar-refractivity contribution in [3.05, 3.63) is 76.1 Å². The van der Waals surface area contributed by atoms with E-state index >= 15 is 0 Å². The van der Waals surface area contributed by atoms with Crippen LogP contribution in [-0.4, -0.2) is 28.8 Å². The third-order valence-electron chi connectivity index (χ3n) is 4.42. The van der Waals surface area contributed by atoms with Crippen LogP contribution >= 0.6 is 11.6 Å². The van der Waals surface area contributed by atoms with Gasteiger partial charge in [0, 0.05) is 17.3 Å². The molecule has 0 atom stereocenters. The normalized spacial score (nSPS) is 10.7. The molecule has 0 aliphatic carbocycles. The van der Waals surface area contributed by atoms with E-state index in [2.05, 4.69) is 28.6 Å². The van der Waals surface area contributed by atoms with E-state index in [4.69, 9.17) is 16.3 Å². The predicted octanol–water partition coefficient (Wildman–Crippen LogP) is 4.19. The van der Waals surface area contributed by atoms with Crippen LogP contribution in [0.25, 0.3) is 5.69 Å². The number of aromatic nitrogens is 2. The minimum absolute atomic E-state index is 0.0145. The first-order chi connectivity index (χ1) is 13.4. The molecule has 3 aromatic rings. The number of aryl methyl sites for hydroxylation is 3. The number of hydrogen-bond donors (Lipinski definition) is 1. The van der Waals surface area contributed by atoms with Crippen molar-refractivity contribution in [3.63, 3.8) is 0 Å². The summed E-state index contributed by atoms with van der Waals surface area (Å²) in [6.45, 7) is 6.46. The number of benzene rings is 2. The molecular weight excluding hydrogens is 374 g/mol. The van der Waals surface area contributed by atoms with Gasteiger partial charge in [0.1, 0.15) is 5.75 Å². The molecule has 5 nitrogen and oxygen atoms in total. The molecule has 0 bridgehead atoms. The van der Waals surface area contributed by atoms with Crippen molar-refractivity contribution in [1.82, 2.24) is 15.1 Å². The molecule has 1 aromatic heterocycles. The van der Waals surface area contributed by atoms with Crippen LogP contribution in [0.3, 0.4) is 0 Å². The summed E-state index contributed by atoms with van der Waals surface area (Å²) in [5, 5.41) is 8.02.